The van der Waals surface area contributed by atoms with E-state index in [0.29, 0.717) is 0 Å². The fourth-order valence-corrected chi connectivity index (χ4v) is 2.74. The van der Waals surface area contributed by atoms with E-state index in [2.05, 4.69) is 13.8 Å². The first-order valence-electron chi connectivity index (χ1n) is 7.58. The number of nitrogens with zero attached hydrogens (tertiary/aromatic N) is 1. The van der Waals surface area contributed by atoms with Gasteiger partial charge >= 0.3 is 6.09 Å². The highest BCUT2D eigenvalue weighted by atomic mass is 16.6. The summed E-state index contributed by atoms with van der Waals surface area (Å²) in [6.45, 7) is 14.9. The molecular formula is C16H32N2O2. The molecule has 0 saturated carbocycles. The summed E-state index contributed by atoms with van der Waals surface area (Å²) in [6.07, 6.45) is 2.71. The molecule has 1 unspecified atom stereocenters. The average molecular weight is 284 g/mol. The van der Waals surface area contributed by atoms with Gasteiger partial charge in [0.1, 0.15) is 5.60 Å². The van der Waals surface area contributed by atoms with Crippen LogP contribution in [0.25, 0.3) is 0 Å². The van der Waals surface area contributed by atoms with Gasteiger partial charge in [0, 0.05) is 18.1 Å². The van der Waals surface area contributed by atoms with E-state index in [1.165, 1.54) is 0 Å². The molecule has 1 heterocycles. The van der Waals surface area contributed by atoms with Gasteiger partial charge in [-0.15, -0.1) is 0 Å². The van der Waals surface area contributed by atoms with Crippen LogP contribution >= 0.6 is 0 Å². The van der Waals surface area contributed by atoms with Crippen molar-refractivity contribution in [3.05, 3.63) is 0 Å². The lowest BCUT2D eigenvalue weighted by Crippen LogP contribution is -2.54. The number of nitrogens with two attached hydrogens (primary N) is 1. The van der Waals surface area contributed by atoms with Crippen LogP contribution in [0.15, 0.2) is 0 Å². The Balaban J connectivity index is 2.85. The van der Waals surface area contributed by atoms with Crippen LogP contribution in [0, 0.1) is 5.41 Å². The summed E-state index contributed by atoms with van der Waals surface area (Å²) >= 11 is 0. The van der Waals surface area contributed by atoms with Gasteiger partial charge in [-0.1, -0.05) is 13.8 Å². The standard InChI is InChI=1S/C16H32N2O2/c1-14(2,3)20-13(19)18-11-15(4,5)9-8-12(18)10-16(6,7)17/h12H,8-11,17H2,1-7H3. The van der Waals surface area contributed by atoms with Crippen LogP contribution in [0.4, 0.5) is 4.79 Å². The SMILES string of the molecule is CC(C)(N)CC1CCC(C)(C)CN1C(=O)OC(C)(C)C. The third kappa shape index (κ3) is 5.70. The Bertz CT molecular complexity index is 350. The monoisotopic (exact) mass is 284 g/mol. The van der Waals surface area contributed by atoms with Crippen molar-refractivity contribution in [3.63, 3.8) is 0 Å². The first-order chi connectivity index (χ1) is 8.79. The van der Waals surface area contributed by atoms with Crippen molar-refractivity contribution >= 4 is 6.09 Å². The lowest BCUT2D eigenvalue weighted by Gasteiger charge is -2.45. The minimum Gasteiger partial charge on any atom is -0.444 e. The average Bonchev–Trinajstić information content (AvgIpc) is 2.16. The summed E-state index contributed by atoms with van der Waals surface area (Å²) in [5.74, 6) is 0. The van der Waals surface area contributed by atoms with E-state index in [1.54, 1.807) is 0 Å². The maximum absolute atomic E-state index is 12.5. The quantitative estimate of drug-likeness (QED) is 0.844. The van der Waals surface area contributed by atoms with E-state index in [9.17, 15) is 4.79 Å². The predicted octanol–water partition coefficient (Wildman–Crippen LogP) is 3.54. The molecule has 0 aromatic rings. The maximum atomic E-state index is 12.5. The summed E-state index contributed by atoms with van der Waals surface area (Å²) in [5.41, 5.74) is 5.56. The van der Waals surface area contributed by atoms with Crippen molar-refractivity contribution in [2.45, 2.75) is 84.9 Å². The Labute approximate surface area is 124 Å². The zero-order valence-corrected chi connectivity index (χ0v) is 14.2. The van der Waals surface area contributed by atoms with Crippen LogP contribution < -0.4 is 5.73 Å². The Morgan fingerprint density at radius 3 is 2.30 bits per heavy atom. The minimum absolute atomic E-state index is 0.145. The molecule has 0 aromatic carbocycles. The summed E-state index contributed by atoms with van der Waals surface area (Å²) in [4.78, 5) is 14.4. The number of carbonyl (C=O) groups is 1. The molecule has 1 rings (SSSR count). The van der Waals surface area contributed by atoms with Crippen molar-refractivity contribution in [2.24, 2.45) is 11.1 Å². The highest BCUT2D eigenvalue weighted by Crippen LogP contribution is 2.35. The van der Waals surface area contributed by atoms with Crippen molar-refractivity contribution in [1.82, 2.24) is 4.90 Å². The molecule has 0 bridgehead atoms. The Morgan fingerprint density at radius 2 is 1.85 bits per heavy atom. The molecule has 0 radical (unpaired) electrons. The molecule has 0 aromatic heterocycles. The lowest BCUT2D eigenvalue weighted by atomic mass is 9.79. The van der Waals surface area contributed by atoms with Crippen LogP contribution in [-0.2, 0) is 4.74 Å². The third-order valence-corrected chi connectivity index (χ3v) is 3.58. The maximum Gasteiger partial charge on any atom is 0.410 e. The molecular weight excluding hydrogens is 252 g/mol. The Kier molecular flexibility index (Phi) is 4.79. The largest absolute Gasteiger partial charge is 0.444 e. The van der Waals surface area contributed by atoms with Crippen LogP contribution in [0.5, 0.6) is 0 Å². The number of carbonyl (C=O) groups excluding carboxylic acids is 1. The molecule has 118 valence electrons. The van der Waals surface area contributed by atoms with Gasteiger partial charge in [-0.2, -0.15) is 0 Å². The van der Waals surface area contributed by atoms with E-state index >= 15 is 0 Å². The number of ether oxygens (including phenoxy) is 1. The van der Waals surface area contributed by atoms with E-state index < -0.39 is 5.60 Å². The molecule has 1 fully saturated rings. The van der Waals surface area contributed by atoms with Gasteiger partial charge in [0.05, 0.1) is 0 Å². The molecule has 4 nitrogen and oxygen atoms in total. The first-order valence-corrected chi connectivity index (χ1v) is 7.58. The van der Waals surface area contributed by atoms with Gasteiger partial charge in [-0.3, -0.25) is 0 Å². The number of piperidine rings is 1. The second kappa shape index (κ2) is 5.55. The molecule has 20 heavy (non-hydrogen) atoms. The highest BCUT2D eigenvalue weighted by Gasteiger charge is 2.39. The van der Waals surface area contributed by atoms with E-state index in [4.69, 9.17) is 10.5 Å². The number of amides is 1. The van der Waals surface area contributed by atoms with E-state index in [-0.39, 0.29) is 23.1 Å². The van der Waals surface area contributed by atoms with Crippen LogP contribution in [0.3, 0.4) is 0 Å². The lowest BCUT2D eigenvalue weighted by molar-refractivity contribution is -0.0113. The fraction of sp³-hybridized carbons (Fsp3) is 0.938. The van der Waals surface area contributed by atoms with Crippen LogP contribution in [0.1, 0.15) is 67.7 Å². The number of hydrogen-bond acceptors (Lipinski definition) is 3. The molecule has 1 amide bonds. The van der Waals surface area contributed by atoms with Crippen molar-refractivity contribution < 1.29 is 9.53 Å². The smallest absolute Gasteiger partial charge is 0.410 e. The zero-order chi connectivity index (χ0) is 15.8. The summed E-state index contributed by atoms with van der Waals surface area (Å²) in [7, 11) is 0. The summed E-state index contributed by atoms with van der Waals surface area (Å²) in [5, 5.41) is 0. The van der Waals surface area contributed by atoms with Crippen molar-refractivity contribution in [3.8, 4) is 0 Å². The summed E-state index contributed by atoms with van der Waals surface area (Å²) in [6, 6.07) is 0.179. The highest BCUT2D eigenvalue weighted by molar-refractivity contribution is 5.68. The second-order valence-electron chi connectivity index (χ2n) is 8.66. The zero-order valence-electron chi connectivity index (χ0n) is 14.2. The Hall–Kier alpha value is -0.770. The number of hydrogen-bond donors (Lipinski definition) is 1. The summed E-state index contributed by atoms with van der Waals surface area (Å²) < 4.78 is 5.56. The van der Waals surface area contributed by atoms with E-state index in [1.807, 2.05) is 39.5 Å². The number of likely N-dealkylation sites (tertiary alicyclic amines) is 1. The van der Waals surface area contributed by atoms with Gasteiger partial charge in [0.25, 0.3) is 0 Å². The predicted molar refractivity (Wildman–Crippen MR) is 82.6 cm³/mol. The normalized spacial score (nSPS) is 23.6. The molecule has 1 saturated heterocycles. The van der Waals surface area contributed by atoms with Gasteiger partial charge in [-0.05, 0) is 59.3 Å². The topological polar surface area (TPSA) is 55.6 Å². The second-order valence-corrected chi connectivity index (χ2v) is 8.66. The minimum atomic E-state index is -0.457. The first kappa shape index (κ1) is 17.3. The van der Waals surface area contributed by atoms with Gasteiger partial charge < -0.3 is 15.4 Å². The van der Waals surface area contributed by atoms with Gasteiger partial charge in [-0.25, -0.2) is 4.79 Å². The molecule has 0 aliphatic carbocycles. The third-order valence-electron chi connectivity index (χ3n) is 3.58. The van der Waals surface area contributed by atoms with Crippen LogP contribution in [0.2, 0.25) is 0 Å². The van der Waals surface area contributed by atoms with Crippen LogP contribution in [-0.4, -0.2) is 34.7 Å². The van der Waals surface area contributed by atoms with Crippen molar-refractivity contribution in [2.75, 3.05) is 6.54 Å². The Morgan fingerprint density at radius 1 is 1.30 bits per heavy atom. The molecule has 4 heteroatoms. The molecule has 0 spiro atoms. The van der Waals surface area contributed by atoms with Crippen molar-refractivity contribution in [1.29, 1.82) is 0 Å². The van der Waals surface area contributed by atoms with Gasteiger partial charge in [0.2, 0.25) is 0 Å². The molecule has 1 aliphatic heterocycles. The fourth-order valence-electron chi connectivity index (χ4n) is 2.74. The molecule has 1 atom stereocenters. The molecule has 1 aliphatic rings. The van der Waals surface area contributed by atoms with Gasteiger partial charge in [0.15, 0.2) is 0 Å². The number of rotatable bonds is 2. The van der Waals surface area contributed by atoms with E-state index in [0.717, 1.165) is 25.8 Å². The molecule has 2 N–H and O–H groups in total.